The second kappa shape index (κ2) is 7.09. The van der Waals surface area contributed by atoms with Crippen molar-refractivity contribution in [3.8, 4) is 0 Å². The van der Waals surface area contributed by atoms with Gasteiger partial charge in [-0.1, -0.05) is 20.8 Å². The maximum Gasteiger partial charge on any atom is 0.250 e. The molecule has 5 nitrogen and oxygen atoms in total. The van der Waals surface area contributed by atoms with Crippen LogP contribution < -0.4 is 16.6 Å². The monoisotopic (exact) mass is 265 g/mol. The molecular weight excluding hydrogens is 242 g/mol. The van der Waals surface area contributed by atoms with Crippen LogP contribution in [-0.4, -0.2) is 16.5 Å². The zero-order chi connectivity index (χ0) is 14.4. The molecular formula is C14H23N3O2. The van der Waals surface area contributed by atoms with Gasteiger partial charge in [0, 0.05) is 18.8 Å². The van der Waals surface area contributed by atoms with Crippen LogP contribution in [0.15, 0.2) is 23.1 Å². The highest BCUT2D eigenvalue weighted by Crippen LogP contribution is 2.08. The summed E-state index contributed by atoms with van der Waals surface area (Å²) in [6, 6.07) is 2.54. The van der Waals surface area contributed by atoms with Crippen molar-refractivity contribution in [1.82, 2.24) is 4.57 Å². The topological polar surface area (TPSA) is 77.1 Å². The Hall–Kier alpha value is -1.62. The van der Waals surface area contributed by atoms with Gasteiger partial charge in [0.25, 0.3) is 5.56 Å². The van der Waals surface area contributed by atoms with Crippen molar-refractivity contribution in [1.29, 1.82) is 0 Å². The molecule has 0 aliphatic rings. The maximum absolute atomic E-state index is 11.9. The molecule has 1 heterocycles. The number of carbonyl (C=O) groups excluding carboxylic acids is 1. The van der Waals surface area contributed by atoms with Crippen molar-refractivity contribution < 1.29 is 4.79 Å². The van der Waals surface area contributed by atoms with Gasteiger partial charge in [-0.15, -0.1) is 0 Å². The first-order valence-corrected chi connectivity index (χ1v) is 6.71. The summed E-state index contributed by atoms with van der Waals surface area (Å²) in [5.74, 6) is 0.158. The van der Waals surface area contributed by atoms with E-state index >= 15 is 0 Å². The smallest absolute Gasteiger partial charge is 0.250 e. The summed E-state index contributed by atoms with van der Waals surface area (Å²) in [5, 5.41) is 2.75. The molecule has 0 aliphatic carbocycles. The minimum absolute atomic E-state index is 0.0636. The molecule has 0 aromatic carbocycles. The number of aryl methyl sites for hydroxylation is 1. The number of rotatable bonds is 6. The van der Waals surface area contributed by atoms with Gasteiger partial charge in [0.2, 0.25) is 5.91 Å². The van der Waals surface area contributed by atoms with Gasteiger partial charge in [-0.2, -0.15) is 0 Å². The third kappa shape index (κ3) is 4.87. The average molecular weight is 265 g/mol. The Balaban J connectivity index is 2.74. The number of hydrogen-bond acceptors (Lipinski definition) is 3. The van der Waals surface area contributed by atoms with Crippen LogP contribution in [0.3, 0.4) is 0 Å². The van der Waals surface area contributed by atoms with Gasteiger partial charge < -0.3 is 15.6 Å². The Morgan fingerprint density at radius 1 is 1.42 bits per heavy atom. The van der Waals surface area contributed by atoms with Crippen LogP contribution in [0.25, 0.3) is 0 Å². The Bertz CT molecular complexity index is 480. The van der Waals surface area contributed by atoms with Gasteiger partial charge in [0.1, 0.15) is 0 Å². The lowest BCUT2D eigenvalue weighted by Crippen LogP contribution is -2.37. The molecule has 0 aliphatic heterocycles. The van der Waals surface area contributed by atoms with E-state index in [4.69, 9.17) is 5.73 Å². The second-order valence-corrected chi connectivity index (χ2v) is 5.17. The molecule has 5 heteroatoms. The highest BCUT2D eigenvalue weighted by atomic mass is 16.2. The van der Waals surface area contributed by atoms with E-state index in [9.17, 15) is 9.59 Å². The van der Waals surface area contributed by atoms with E-state index in [1.165, 1.54) is 6.07 Å². The van der Waals surface area contributed by atoms with Gasteiger partial charge in [-0.25, -0.2) is 0 Å². The molecule has 106 valence electrons. The van der Waals surface area contributed by atoms with Crippen LogP contribution in [0.1, 0.15) is 33.6 Å². The zero-order valence-corrected chi connectivity index (χ0v) is 11.8. The number of pyridine rings is 1. The SMILES string of the molecule is CCCn1cc(NC(=O)C(N)CC(C)C)ccc1=O. The van der Waals surface area contributed by atoms with Gasteiger partial charge in [0.05, 0.1) is 11.7 Å². The van der Waals surface area contributed by atoms with Gasteiger partial charge >= 0.3 is 0 Å². The predicted molar refractivity (Wildman–Crippen MR) is 77.1 cm³/mol. The molecule has 0 radical (unpaired) electrons. The van der Waals surface area contributed by atoms with Crippen LogP contribution in [0, 0.1) is 5.92 Å². The van der Waals surface area contributed by atoms with Crippen molar-refractivity contribution in [3.05, 3.63) is 28.7 Å². The van der Waals surface area contributed by atoms with Crippen LogP contribution in [0.2, 0.25) is 0 Å². The molecule has 1 aromatic heterocycles. The molecule has 0 fully saturated rings. The Morgan fingerprint density at radius 3 is 2.68 bits per heavy atom. The molecule has 3 N–H and O–H groups in total. The molecule has 0 bridgehead atoms. The Morgan fingerprint density at radius 2 is 2.11 bits per heavy atom. The summed E-state index contributed by atoms with van der Waals surface area (Å²) in [6.45, 7) is 6.68. The number of hydrogen-bond donors (Lipinski definition) is 2. The molecule has 1 amide bonds. The first-order chi connectivity index (χ1) is 8.93. The molecule has 1 unspecified atom stereocenters. The lowest BCUT2D eigenvalue weighted by Gasteiger charge is -2.14. The fraction of sp³-hybridized carbons (Fsp3) is 0.571. The minimum Gasteiger partial charge on any atom is -0.323 e. The van der Waals surface area contributed by atoms with Crippen molar-refractivity contribution in [2.75, 3.05) is 5.32 Å². The number of amides is 1. The summed E-state index contributed by atoms with van der Waals surface area (Å²) in [5.41, 5.74) is 6.36. The fourth-order valence-electron chi connectivity index (χ4n) is 1.87. The standard InChI is InChI=1S/C14H23N3O2/c1-4-7-17-9-11(5-6-13(17)18)16-14(19)12(15)8-10(2)3/h5-6,9-10,12H,4,7-8,15H2,1-3H3,(H,16,19). The number of nitrogens with two attached hydrogens (primary N) is 1. The van der Waals surface area contributed by atoms with Gasteiger partial charge in [-0.05, 0) is 24.8 Å². The van der Waals surface area contributed by atoms with E-state index in [0.29, 0.717) is 24.6 Å². The van der Waals surface area contributed by atoms with Crippen LogP contribution >= 0.6 is 0 Å². The highest BCUT2D eigenvalue weighted by molar-refractivity contribution is 5.94. The summed E-state index contributed by atoms with van der Waals surface area (Å²) in [6.07, 6.45) is 3.16. The van der Waals surface area contributed by atoms with E-state index < -0.39 is 6.04 Å². The second-order valence-electron chi connectivity index (χ2n) is 5.17. The molecule has 1 rings (SSSR count). The largest absolute Gasteiger partial charge is 0.323 e. The van der Waals surface area contributed by atoms with E-state index in [1.807, 2.05) is 20.8 Å². The minimum atomic E-state index is -0.522. The van der Waals surface area contributed by atoms with E-state index in [-0.39, 0.29) is 11.5 Å². The van der Waals surface area contributed by atoms with Gasteiger partial charge in [-0.3, -0.25) is 9.59 Å². The Kier molecular flexibility index (Phi) is 5.76. The first-order valence-electron chi connectivity index (χ1n) is 6.71. The van der Waals surface area contributed by atoms with Crippen LogP contribution in [0.4, 0.5) is 5.69 Å². The van der Waals surface area contributed by atoms with Crippen LogP contribution in [0.5, 0.6) is 0 Å². The maximum atomic E-state index is 11.9. The molecule has 1 aromatic rings. The van der Waals surface area contributed by atoms with Crippen molar-refractivity contribution >= 4 is 11.6 Å². The number of anilines is 1. The molecule has 1 atom stereocenters. The van der Waals surface area contributed by atoms with Crippen molar-refractivity contribution in [3.63, 3.8) is 0 Å². The third-order valence-electron chi connectivity index (χ3n) is 2.78. The number of nitrogens with zero attached hydrogens (tertiary/aromatic N) is 1. The fourth-order valence-corrected chi connectivity index (χ4v) is 1.87. The molecule has 0 spiro atoms. The number of carbonyl (C=O) groups is 1. The Labute approximate surface area is 113 Å². The van der Waals surface area contributed by atoms with E-state index in [2.05, 4.69) is 5.32 Å². The van der Waals surface area contributed by atoms with E-state index in [1.54, 1.807) is 16.8 Å². The quantitative estimate of drug-likeness (QED) is 0.819. The summed E-state index contributed by atoms with van der Waals surface area (Å²) in [4.78, 5) is 23.4. The van der Waals surface area contributed by atoms with Gasteiger partial charge in [0.15, 0.2) is 0 Å². The lowest BCUT2D eigenvalue weighted by molar-refractivity contribution is -0.117. The van der Waals surface area contributed by atoms with Crippen LogP contribution in [-0.2, 0) is 11.3 Å². The average Bonchev–Trinajstić information content (AvgIpc) is 2.32. The third-order valence-corrected chi connectivity index (χ3v) is 2.78. The molecule has 0 saturated heterocycles. The zero-order valence-electron chi connectivity index (χ0n) is 11.8. The summed E-state index contributed by atoms with van der Waals surface area (Å²) < 4.78 is 1.59. The summed E-state index contributed by atoms with van der Waals surface area (Å²) >= 11 is 0. The lowest BCUT2D eigenvalue weighted by atomic mass is 10.0. The molecule has 19 heavy (non-hydrogen) atoms. The predicted octanol–water partition coefficient (Wildman–Crippen LogP) is 1.57. The summed E-state index contributed by atoms with van der Waals surface area (Å²) in [7, 11) is 0. The van der Waals surface area contributed by atoms with E-state index in [0.717, 1.165) is 6.42 Å². The number of nitrogens with one attached hydrogen (secondary N) is 1. The normalized spacial score (nSPS) is 12.5. The van der Waals surface area contributed by atoms with Crippen molar-refractivity contribution in [2.24, 2.45) is 11.7 Å². The van der Waals surface area contributed by atoms with Crippen molar-refractivity contribution in [2.45, 2.75) is 46.2 Å². The number of aromatic nitrogens is 1. The highest BCUT2D eigenvalue weighted by Gasteiger charge is 2.15. The first kappa shape index (κ1) is 15.4. The molecule has 0 saturated carbocycles.